The lowest BCUT2D eigenvalue weighted by Crippen LogP contribution is -2.41. The third kappa shape index (κ3) is 3.19. The van der Waals surface area contributed by atoms with Crippen molar-refractivity contribution < 1.29 is 14.3 Å². The molecule has 17 heavy (non-hydrogen) atoms. The third-order valence-electron chi connectivity index (χ3n) is 3.59. The average molecular weight is 242 g/mol. The fourth-order valence-electron chi connectivity index (χ4n) is 2.31. The molecular formula is C12H22N2O3. The molecule has 5 heteroatoms. The number of ether oxygens (including phenoxy) is 1. The second kappa shape index (κ2) is 5.49. The van der Waals surface area contributed by atoms with Gasteiger partial charge in [-0.1, -0.05) is 0 Å². The van der Waals surface area contributed by atoms with E-state index >= 15 is 0 Å². The van der Waals surface area contributed by atoms with Crippen molar-refractivity contribution in [3.8, 4) is 0 Å². The van der Waals surface area contributed by atoms with E-state index in [2.05, 4.69) is 15.0 Å². The zero-order valence-electron chi connectivity index (χ0n) is 11.1. The molecule has 98 valence electrons. The SMILES string of the molecule is CNC(=O)C1(C)CCN(C(C)CC(=O)OC)C1. The summed E-state index contributed by atoms with van der Waals surface area (Å²) in [6.07, 6.45) is 1.21. The molecule has 0 aromatic rings. The maximum atomic E-state index is 11.8. The number of esters is 1. The highest BCUT2D eigenvalue weighted by Crippen LogP contribution is 2.31. The van der Waals surface area contributed by atoms with Crippen molar-refractivity contribution in [3.05, 3.63) is 0 Å². The van der Waals surface area contributed by atoms with Crippen LogP contribution in [0.5, 0.6) is 0 Å². The molecule has 5 nitrogen and oxygen atoms in total. The van der Waals surface area contributed by atoms with E-state index in [1.807, 2.05) is 13.8 Å². The summed E-state index contributed by atoms with van der Waals surface area (Å²) < 4.78 is 4.66. The zero-order chi connectivity index (χ0) is 13.1. The minimum absolute atomic E-state index is 0.0743. The Labute approximate surface area is 102 Å². The normalized spacial score (nSPS) is 26.6. The number of rotatable bonds is 4. The lowest BCUT2D eigenvalue weighted by molar-refractivity contribution is -0.141. The van der Waals surface area contributed by atoms with Crippen molar-refractivity contribution >= 4 is 11.9 Å². The number of nitrogens with zero attached hydrogens (tertiary/aromatic N) is 1. The predicted octanol–water partition coefficient (Wildman–Crippen LogP) is 0.396. The number of hydrogen-bond donors (Lipinski definition) is 1. The summed E-state index contributed by atoms with van der Waals surface area (Å²) in [5.74, 6) is -0.128. The lowest BCUT2D eigenvalue weighted by Gasteiger charge is -2.26. The number of carbonyl (C=O) groups is 2. The van der Waals surface area contributed by atoms with Crippen molar-refractivity contribution in [1.29, 1.82) is 0 Å². The quantitative estimate of drug-likeness (QED) is 0.725. The van der Waals surface area contributed by atoms with E-state index in [9.17, 15) is 9.59 Å². The molecule has 1 heterocycles. The average Bonchev–Trinajstić information content (AvgIpc) is 2.72. The van der Waals surface area contributed by atoms with Gasteiger partial charge in [0.1, 0.15) is 0 Å². The Morgan fingerprint density at radius 3 is 2.71 bits per heavy atom. The smallest absolute Gasteiger partial charge is 0.307 e. The summed E-state index contributed by atoms with van der Waals surface area (Å²) >= 11 is 0. The number of nitrogens with one attached hydrogen (secondary N) is 1. The van der Waals surface area contributed by atoms with E-state index in [4.69, 9.17) is 0 Å². The molecule has 2 atom stereocenters. The minimum Gasteiger partial charge on any atom is -0.469 e. The fourth-order valence-corrected chi connectivity index (χ4v) is 2.31. The molecular weight excluding hydrogens is 220 g/mol. The summed E-state index contributed by atoms with van der Waals surface area (Å²) in [5, 5.41) is 2.70. The topological polar surface area (TPSA) is 58.6 Å². The van der Waals surface area contributed by atoms with Gasteiger partial charge < -0.3 is 10.1 Å². The standard InChI is InChI=1S/C12H22N2O3/c1-9(7-10(15)17-4)14-6-5-12(2,8-14)11(16)13-3/h9H,5-8H2,1-4H3,(H,13,16). The monoisotopic (exact) mass is 242 g/mol. The van der Waals surface area contributed by atoms with Gasteiger partial charge >= 0.3 is 5.97 Å². The Kier molecular flexibility index (Phi) is 4.51. The first-order chi connectivity index (χ1) is 7.92. The van der Waals surface area contributed by atoms with Gasteiger partial charge in [0.25, 0.3) is 0 Å². The van der Waals surface area contributed by atoms with Crippen LogP contribution in [0.3, 0.4) is 0 Å². The van der Waals surface area contributed by atoms with Crippen LogP contribution in [0.4, 0.5) is 0 Å². The van der Waals surface area contributed by atoms with Gasteiger partial charge in [0.2, 0.25) is 5.91 Å². The Bertz CT molecular complexity index is 306. The van der Waals surface area contributed by atoms with Crippen LogP contribution in [0, 0.1) is 5.41 Å². The first kappa shape index (κ1) is 14.0. The largest absolute Gasteiger partial charge is 0.469 e. The molecule has 1 rings (SSSR count). The van der Waals surface area contributed by atoms with E-state index in [1.165, 1.54) is 7.11 Å². The Hall–Kier alpha value is -1.10. The predicted molar refractivity (Wildman–Crippen MR) is 64.5 cm³/mol. The molecule has 0 aromatic carbocycles. The Morgan fingerprint density at radius 2 is 2.18 bits per heavy atom. The minimum atomic E-state index is -0.334. The lowest BCUT2D eigenvalue weighted by atomic mass is 9.89. The van der Waals surface area contributed by atoms with Crippen LogP contribution in [-0.4, -0.2) is 50.1 Å². The number of methoxy groups -OCH3 is 1. The molecule has 0 spiro atoms. The molecule has 0 bridgehead atoms. The number of carbonyl (C=O) groups excluding carboxylic acids is 2. The summed E-state index contributed by atoms with van der Waals surface area (Å²) in [6.45, 7) is 5.51. The van der Waals surface area contributed by atoms with Crippen LogP contribution < -0.4 is 5.32 Å². The first-order valence-electron chi connectivity index (χ1n) is 5.96. The van der Waals surface area contributed by atoms with Crippen LogP contribution in [0.15, 0.2) is 0 Å². The molecule has 1 saturated heterocycles. The molecule has 2 unspecified atom stereocenters. The maximum Gasteiger partial charge on any atom is 0.307 e. The van der Waals surface area contributed by atoms with Gasteiger partial charge in [0.15, 0.2) is 0 Å². The van der Waals surface area contributed by atoms with Crippen molar-refractivity contribution in [2.75, 3.05) is 27.2 Å². The zero-order valence-corrected chi connectivity index (χ0v) is 11.1. The van der Waals surface area contributed by atoms with E-state index in [1.54, 1.807) is 7.05 Å². The van der Waals surface area contributed by atoms with Gasteiger partial charge in [0.05, 0.1) is 18.9 Å². The van der Waals surface area contributed by atoms with E-state index in [0.29, 0.717) is 13.0 Å². The van der Waals surface area contributed by atoms with Crippen LogP contribution in [0.1, 0.15) is 26.7 Å². The van der Waals surface area contributed by atoms with Gasteiger partial charge in [-0.3, -0.25) is 14.5 Å². The highest BCUT2D eigenvalue weighted by molar-refractivity contribution is 5.82. The Balaban J connectivity index is 2.55. The maximum absolute atomic E-state index is 11.8. The first-order valence-corrected chi connectivity index (χ1v) is 5.96. The number of likely N-dealkylation sites (tertiary alicyclic amines) is 1. The number of amides is 1. The van der Waals surface area contributed by atoms with Gasteiger partial charge in [0, 0.05) is 19.6 Å². The molecule has 1 aliphatic rings. The molecule has 0 radical (unpaired) electrons. The highest BCUT2D eigenvalue weighted by Gasteiger charge is 2.41. The molecule has 1 fully saturated rings. The van der Waals surface area contributed by atoms with Gasteiger partial charge in [-0.05, 0) is 26.8 Å². The van der Waals surface area contributed by atoms with Crippen molar-refractivity contribution in [1.82, 2.24) is 10.2 Å². The molecule has 0 aliphatic carbocycles. The van der Waals surface area contributed by atoms with Gasteiger partial charge in [-0.25, -0.2) is 0 Å². The fraction of sp³-hybridized carbons (Fsp3) is 0.833. The molecule has 1 N–H and O–H groups in total. The molecule has 0 saturated carbocycles. The summed E-state index contributed by atoms with van der Waals surface area (Å²) in [7, 11) is 3.06. The number of hydrogen-bond acceptors (Lipinski definition) is 4. The summed E-state index contributed by atoms with van der Waals surface area (Å²) in [5.41, 5.74) is -0.334. The van der Waals surface area contributed by atoms with Crippen LogP contribution in [-0.2, 0) is 14.3 Å². The second-order valence-electron chi connectivity index (χ2n) is 4.99. The van der Waals surface area contributed by atoms with Crippen LogP contribution in [0.25, 0.3) is 0 Å². The Morgan fingerprint density at radius 1 is 1.53 bits per heavy atom. The highest BCUT2D eigenvalue weighted by atomic mass is 16.5. The van der Waals surface area contributed by atoms with Crippen LogP contribution in [0.2, 0.25) is 0 Å². The van der Waals surface area contributed by atoms with E-state index in [0.717, 1.165) is 13.0 Å². The second-order valence-corrected chi connectivity index (χ2v) is 4.99. The summed E-state index contributed by atoms with van der Waals surface area (Å²) in [4.78, 5) is 25.1. The van der Waals surface area contributed by atoms with Crippen molar-refractivity contribution in [3.63, 3.8) is 0 Å². The molecule has 1 aliphatic heterocycles. The molecule has 0 aromatic heterocycles. The van der Waals surface area contributed by atoms with E-state index < -0.39 is 0 Å². The van der Waals surface area contributed by atoms with Gasteiger partial charge in [-0.2, -0.15) is 0 Å². The molecule has 1 amide bonds. The van der Waals surface area contributed by atoms with Crippen LogP contribution >= 0.6 is 0 Å². The third-order valence-corrected chi connectivity index (χ3v) is 3.59. The van der Waals surface area contributed by atoms with Gasteiger partial charge in [-0.15, -0.1) is 0 Å². The van der Waals surface area contributed by atoms with Crippen molar-refractivity contribution in [2.24, 2.45) is 5.41 Å². The van der Waals surface area contributed by atoms with Crippen molar-refractivity contribution in [2.45, 2.75) is 32.7 Å². The van der Waals surface area contributed by atoms with E-state index in [-0.39, 0.29) is 23.3 Å². The summed E-state index contributed by atoms with van der Waals surface area (Å²) in [6, 6.07) is 0.119.